The molecule has 98 valence electrons. The van der Waals surface area contributed by atoms with E-state index in [1.807, 2.05) is 0 Å². The zero-order chi connectivity index (χ0) is 12.4. The number of rotatable bonds is 10. The van der Waals surface area contributed by atoms with Crippen LogP contribution in [-0.4, -0.2) is 37.6 Å². The Balaban J connectivity index is 3.31. The van der Waals surface area contributed by atoms with E-state index >= 15 is 0 Å². The molecule has 2 heteroatoms. The summed E-state index contributed by atoms with van der Waals surface area (Å²) < 4.78 is 0. The van der Waals surface area contributed by atoms with Crippen LogP contribution in [0.4, 0.5) is 0 Å². The normalized spacial score (nSPS) is 13.7. The van der Waals surface area contributed by atoms with Gasteiger partial charge in [-0.1, -0.05) is 40.0 Å². The molecule has 0 aliphatic carbocycles. The highest BCUT2D eigenvalue weighted by Crippen LogP contribution is 2.06. The molecule has 0 aromatic heterocycles. The van der Waals surface area contributed by atoms with Crippen LogP contribution >= 0.6 is 0 Å². The van der Waals surface area contributed by atoms with Crippen molar-refractivity contribution in [2.75, 3.05) is 26.7 Å². The van der Waals surface area contributed by atoms with Gasteiger partial charge in [-0.3, -0.25) is 0 Å². The summed E-state index contributed by atoms with van der Waals surface area (Å²) in [4.78, 5) is 2.45. The molecule has 0 aliphatic heterocycles. The monoisotopic (exact) mass is 228 g/mol. The van der Waals surface area contributed by atoms with E-state index in [9.17, 15) is 0 Å². The van der Waals surface area contributed by atoms with Gasteiger partial charge in [-0.2, -0.15) is 0 Å². The van der Waals surface area contributed by atoms with Crippen LogP contribution < -0.4 is 5.32 Å². The molecule has 0 amide bonds. The minimum absolute atomic E-state index is 0.682. The van der Waals surface area contributed by atoms with Gasteiger partial charge < -0.3 is 10.2 Å². The fraction of sp³-hybridized carbons (Fsp3) is 1.00. The Morgan fingerprint density at radius 1 is 1.00 bits per heavy atom. The SMILES string of the molecule is CCCCCCNCCN(C)C(C)C(C)C. The molecule has 0 aliphatic rings. The molecule has 0 saturated heterocycles. The van der Waals surface area contributed by atoms with Crippen LogP contribution in [0.5, 0.6) is 0 Å². The Morgan fingerprint density at radius 2 is 1.69 bits per heavy atom. The van der Waals surface area contributed by atoms with E-state index < -0.39 is 0 Å². The number of unbranched alkanes of at least 4 members (excludes halogenated alkanes) is 3. The van der Waals surface area contributed by atoms with E-state index in [2.05, 4.69) is 45.0 Å². The van der Waals surface area contributed by atoms with Crippen LogP contribution in [0.15, 0.2) is 0 Å². The number of likely N-dealkylation sites (N-methyl/N-ethyl adjacent to an activating group) is 1. The van der Waals surface area contributed by atoms with Gasteiger partial charge in [-0.15, -0.1) is 0 Å². The molecule has 0 aromatic rings. The second kappa shape index (κ2) is 10.1. The standard InChI is InChI=1S/C14H32N2/c1-6-7-8-9-10-15-11-12-16(5)14(4)13(2)3/h13-15H,6-12H2,1-5H3. The summed E-state index contributed by atoms with van der Waals surface area (Å²) in [7, 11) is 2.23. The third-order valence-electron chi connectivity index (χ3n) is 3.51. The molecule has 1 atom stereocenters. The van der Waals surface area contributed by atoms with Crippen molar-refractivity contribution in [1.29, 1.82) is 0 Å². The zero-order valence-corrected chi connectivity index (χ0v) is 12.1. The van der Waals surface area contributed by atoms with Crippen LogP contribution in [-0.2, 0) is 0 Å². The minimum Gasteiger partial charge on any atom is -0.315 e. The fourth-order valence-corrected chi connectivity index (χ4v) is 1.77. The highest BCUT2D eigenvalue weighted by atomic mass is 15.1. The first kappa shape index (κ1) is 15.9. The lowest BCUT2D eigenvalue weighted by Gasteiger charge is -2.27. The van der Waals surface area contributed by atoms with Crippen molar-refractivity contribution < 1.29 is 0 Å². The van der Waals surface area contributed by atoms with Gasteiger partial charge in [-0.05, 0) is 32.9 Å². The second-order valence-electron chi connectivity index (χ2n) is 5.28. The molecule has 0 heterocycles. The van der Waals surface area contributed by atoms with Gasteiger partial charge in [0.2, 0.25) is 0 Å². The van der Waals surface area contributed by atoms with Gasteiger partial charge in [0, 0.05) is 19.1 Å². The molecule has 2 nitrogen and oxygen atoms in total. The molecule has 0 saturated carbocycles. The lowest BCUT2D eigenvalue weighted by molar-refractivity contribution is 0.208. The molecule has 0 rings (SSSR count). The minimum atomic E-state index is 0.682. The van der Waals surface area contributed by atoms with E-state index in [0.29, 0.717) is 6.04 Å². The number of nitrogens with zero attached hydrogens (tertiary/aromatic N) is 1. The molecule has 0 fully saturated rings. The molecular formula is C14H32N2. The van der Waals surface area contributed by atoms with E-state index in [4.69, 9.17) is 0 Å². The third kappa shape index (κ3) is 8.12. The fourth-order valence-electron chi connectivity index (χ4n) is 1.77. The Kier molecular flexibility index (Phi) is 10.0. The van der Waals surface area contributed by atoms with Crippen LogP contribution in [0.25, 0.3) is 0 Å². The maximum absolute atomic E-state index is 3.53. The first-order valence-electron chi connectivity index (χ1n) is 7.00. The number of nitrogens with one attached hydrogen (secondary N) is 1. The van der Waals surface area contributed by atoms with Gasteiger partial charge >= 0.3 is 0 Å². The Morgan fingerprint density at radius 3 is 2.25 bits per heavy atom. The first-order valence-corrected chi connectivity index (χ1v) is 7.00. The predicted molar refractivity (Wildman–Crippen MR) is 73.9 cm³/mol. The molecule has 0 spiro atoms. The molecule has 0 bridgehead atoms. The highest BCUT2D eigenvalue weighted by molar-refractivity contribution is 4.67. The lowest BCUT2D eigenvalue weighted by Crippen LogP contribution is -2.38. The Hall–Kier alpha value is -0.0800. The van der Waals surface area contributed by atoms with Gasteiger partial charge in [0.1, 0.15) is 0 Å². The van der Waals surface area contributed by atoms with Crippen LogP contribution in [0, 0.1) is 5.92 Å². The van der Waals surface area contributed by atoms with Crippen molar-refractivity contribution in [2.24, 2.45) is 5.92 Å². The van der Waals surface area contributed by atoms with E-state index in [1.54, 1.807) is 0 Å². The lowest BCUT2D eigenvalue weighted by atomic mass is 10.1. The molecule has 1 unspecified atom stereocenters. The molecular weight excluding hydrogens is 196 g/mol. The van der Waals surface area contributed by atoms with Crippen molar-refractivity contribution in [3.63, 3.8) is 0 Å². The first-order chi connectivity index (χ1) is 7.59. The van der Waals surface area contributed by atoms with Crippen molar-refractivity contribution in [2.45, 2.75) is 59.4 Å². The summed E-state index contributed by atoms with van der Waals surface area (Å²) in [5, 5.41) is 3.53. The van der Waals surface area contributed by atoms with Crippen molar-refractivity contribution in [3.8, 4) is 0 Å². The summed E-state index contributed by atoms with van der Waals surface area (Å²) in [5.74, 6) is 0.745. The molecule has 1 N–H and O–H groups in total. The Labute approximate surface area is 103 Å². The van der Waals surface area contributed by atoms with E-state index in [1.165, 1.54) is 32.2 Å². The summed E-state index contributed by atoms with van der Waals surface area (Å²) in [5.41, 5.74) is 0. The third-order valence-corrected chi connectivity index (χ3v) is 3.51. The quantitative estimate of drug-likeness (QED) is 0.578. The van der Waals surface area contributed by atoms with Crippen LogP contribution in [0.2, 0.25) is 0 Å². The van der Waals surface area contributed by atoms with Crippen molar-refractivity contribution in [3.05, 3.63) is 0 Å². The average Bonchev–Trinajstić information content (AvgIpc) is 2.26. The molecule has 0 aromatic carbocycles. The zero-order valence-electron chi connectivity index (χ0n) is 12.1. The van der Waals surface area contributed by atoms with Crippen LogP contribution in [0.1, 0.15) is 53.4 Å². The van der Waals surface area contributed by atoms with E-state index in [0.717, 1.165) is 19.0 Å². The van der Waals surface area contributed by atoms with Gasteiger partial charge in [-0.25, -0.2) is 0 Å². The van der Waals surface area contributed by atoms with Crippen molar-refractivity contribution >= 4 is 0 Å². The highest BCUT2D eigenvalue weighted by Gasteiger charge is 2.11. The smallest absolute Gasteiger partial charge is 0.0107 e. The summed E-state index contributed by atoms with van der Waals surface area (Å²) in [6.07, 6.45) is 5.42. The topological polar surface area (TPSA) is 15.3 Å². The summed E-state index contributed by atoms with van der Waals surface area (Å²) in [6, 6.07) is 0.682. The van der Waals surface area contributed by atoms with Gasteiger partial charge in [0.15, 0.2) is 0 Å². The maximum Gasteiger partial charge on any atom is 0.0107 e. The predicted octanol–water partition coefficient (Wildman–Crippen LogP) is 3.13. The average molecular weight is 228 g/mol. The molecule has 0 radical (unpaired) electrons. The molecule has 16 heavy (non-hydrogen) atoms. The number of hydrogen-bond acceptors (Lipinski definition) is 2. The van der Waals surface area contributed by atoms with Gasteiger partial charge in [0.05, 0.1) is 0 Å². The summed E-state index contributed by atoms with van der Waals surface area (Å²) in [6.45, 7) is 12.6. The number of hydrogen-bond donors (Lipinski definition) is 1. The summed E-state index contributed by atoms with van der Waals surface area (Å²) >= 11 is 0. The van der Waals surface area contributed by atoms with Crippen LogP contribution in [0.3, 0.4) is 0 Å². The van der Waals surface area contributed by atoms with Gasteiger partial charge in [0.25, 0.3) is 0 Å². The second-order valence-corrected chi connectivity index (χ2v) is 5.28. The largest absolute Gasteiger partial charge is 0.315 e. The van der Waals surface area contributed by atoms with E-state index in [-0.39, 0.29) is 0 Å². The maximum atomic E-state index is 3.53. The Bertz CT molecular complexity index is 146. The van der Waals surface area contributed by atoms with Crippen molar-refractivity contribution in [1.82, 2.24) is 10.2 Å².